The van der Waals surface area contributed by atoms with Crippen LogP contribution in [0.25, 0.3) is 10.9 Å². The molecular weight excluding hydrogens is 308 g/mol. The van der Waals surface area contributed by atoms with Gasteiger partial charge in [0.15, 0.2) is 6.61 Å². The molecule has 0 bridgehead atoms. The topological polar surface area (TPSA) is 77.5 Å². The molecule has 0 atom stereocenters. The fourth-order valence-corrected chi connectivity index (χ4v) is 2.51. The predicted octanol–water partition coefficient (Wildman–Crippen LogP) is 2.03. The van der Waals surface area contributed by atoms with Crippen LogP contribution in [-0.4, -0.2) is 43.7 Å². The van der Waals surface area contributed by atoms with Gasteiger partial charge in [-0.25, -0.2) is 4.79 Å². The summed E-state index contributed by atoms with van der Waals surface area (Å²) in [4.78, 5) is 28.6. The van der Waals surface area contributed by atoms with E-state index in [0.717, 1.165) is 16.5 Å². The highest BCUT2D eigenvalue weighted by atomic mass is 16.5. The van der Waals surface area contributed by atoms with Crippen LogP contribution < -0.4 is 5.32 Å². The van der Waals surface area contributed by atoms with Gasteiger partial charge in [0, 0.05) is 19.0 Å². The molecule has 6 nitrogen and oxygen atoms in total. The van der Waals surface area contributed by atoms with Gasteiger partial charge in [-0.3, -0.25) is 9.78 Å². The molecule has 1 heterocycles. The summed E-state index contributed by atoms with van der Waals surface area (Å²) in [6.07, 6.45) is 0.607. The van der Waals surface area contributed by atoms with Gasteiger partial charge in [-0.2, -0.15) is 0 Å². The maximum Gasteiger partial charge on any atom is 0.340 e. The Balaban J connectivity index is 2.16. The smallest absolute Gasteiger partial charge is 0.340 e. The minimum absolute atomic E-state index is 0.321. The fraction of sp³-hybridized carbons (Fsp3) is 0.389. The van der Waals surface area contributed by atoms with E-state index in [-0.39, 0.29) is 12.5 Å². The van der Waals surface area contributed by atoms with Crippen LogP contribution in [0.4, 0.5) is 0 Å². The molecule has 0 aliphatic rings. The average Bonchev–Trinajstić information content (AvgIpc) is 2.59. The second-order valence-electron chi connectivity index (χ2n) is 5.35. The Bertz CT molecular complexity index is 743. The summed E-state index contributed by atoms with van der Waals surface area (Å²) in [6, 6.07) is 7.66. The van der Waals surface area contributed by atoms with E-state index >= 15 is 0 Å². The molecule has 0 aliphatic heterocycles. The van der Waals surface area contributed by atoms with Crippen LogP contribution in [0.1, 0.15) is 28.5 Å². The molecule has 128 valence electrons. The molecule has 0 unspecified atom stereocenters. The fourth-order valence-electron chi connectivity index (χ4n) is 2.51. The van der Waals surface area contributed by atoms with Crippen molar-refractivity contribution in [3.05, 3.63) is 41.1 Å². The third kappa shape index (κ3) is 4.08. The minimum Gasteiger partial charge on any atom is -0.452 e. The van der Waals surface area contributed by atoms with Crippen LogP contribution >= 0.6 is 0 Å². The minimum atomic E-state index is -0.524. The van der Waals surface area contributed by atoms with Crippen molar-refractivity contribution in [3.8, 4) is 0 Å². The van der Waals surface area contributed by atoms with Crippen molar-refractivity contribution >= 4 is 22.8 Å². The largest absolute Gasteiger partial charge is 0.452 e. The monoisotopic (exact) mass is 330 g/mol. The quantitative estimate of drug-likeness (QED) is 0.621. The zero-order valence-electron chi connectivity index (χ0n) is 14.2. The van der Waals surface area contributed by atoms with E-state index in [0.29, 0.717) is 30.8 Å². The maximum atomic E-state index is 12.5. The third-order valence-electron chi connectivity index (χ3n) is 3.73. The Kier molecular flexibility index (Phi) is 6.26. The number of para-hydroxylation sites is 1. The number of hydrogen-bond acceptors (Lipinski definition) is 5. The first-order valence-electron chi connectivity index (χ1n) is 7.89. The molecule has 0 fully saturated rings. The number of methoxy groups -OCH3 is 1. The highest BCUT2D eigenvalue weighted by Gasteiger charge is 2.19. The lowest BCUT2D eigenvalue weighted by molar-refractivity contribution is -0.124. The number of rotatable bonds is 7. The van der Waals surface area contributed by atoms with E-state index in [1.54, 1.807) is 7.11 Å². The highest BCUT2D eigenvalue weighted by molar-refractivity contribution is 5.99. The highest BCUT2D eigenvalue weighted by Crippen LogP contribution is 2.23. The standard InChI is InChI=1S/C18H22N2O4/c1-4-14-17(12(2)13-7-5-6-8-15(13)20-14)18(22)24-11-16(21)19-9-10-23-3/h5-8H,4,9-11H2,1-3H3,(H,19,21). The summed E-state index contributed by atoms with van der Waals surface area (Å²) in [6.45, 7) is 4.28. The Hall–Kier alpha value is -2.47. The van der Waals surface area contributed by atoms with E-state index in [9.17, 15) is 9.59 Å². The Morgan fingerprint density at radius 2 is 2.00 bits per heavy atom. The lowest BCUT2D eigenvalue weighted by Gasteiger charge is -2.13. The number of esters is 1. The molecule has 0 saturated carbocycles. The summed E-state index contributed by atoms with van der Waals surface area (Å²) in [7, 11) is 1.55. The first kappa shape index (κ1) is 17.9. The number of carbonyl (C=O) groups is 2. The summed E-state index contributed by atoms with van der Waals surface area (Å²) >= 11 is 0. The van der Waals surface area contributed by atoms with Crippen LogP contribution in [0.5, 0.6) is 0 Å². The molecule has 0 saturated heterocycles. The molecule has 0 aliphatic carbocycles. The van der Waals surface area contributed by atoms with E-state index < -0.39 is 5.97 Å². The number of pyridine rings is 1. The van der Waals surface area contributed by atoms with Crippen LogP contribution in [0.3, 0.4) is 0 Å². The van der Waals surface area contributed by atoms with Crippen LogP contribution in [-0.2, 0) is 20.7 Å². The van der Waals surface area contributed by atoms with Gasteiger partial charge in [0.1, 0.15) is 0 Å². The van der Waals surface area contributed by atoms with Crippen molar-refractivity contribution in [3.63, 3.8) is 0 Å². The van der Waals surface area contributed by atoms with Crippen molar-refractivity contribution in [2.24, 2.45) is 0 Å². The first-order chi connectivity index (χ1) is 11.6. The lowest BCUT2D eigenvalue weighted by Crippen LogP contribution is -2.31. The van der Waals surface area contributed by atoms with Gasteiger partial charge in [-0.1, -0.05) is 25.1 Å². The van der Waals surface area contributed by atoms with Gasteiger partial charge in [0.25, 0.3) is 5.91 Å². The van der Waals surface area contributed by atoms with Gasteiger partial charge in [0.05, 0.1) is 23.4 Å². The molecular formula is C18H22N2O4. The lowest BCUT2D eigenvalue weighted by atomic mass is 10.0. The second-order valence-corrected chi connectivity index (χ2v) is 5.35. The van der Waals surface area contributed by atoms with Crippen LogP contribution in [0, 0.1) is 6.92 Å². The molecule has 0 spiro atoms. The SMILES string of the molecule is CCc1nc2ccccc2c(C)c1C(=O)OCC(=O)NCCOC. The number of nitrogens with zero attached hydrogens (tertiary/aromatic N) is 1. The van der Waals surface area contributed by atoms with E-state index in [4.69, 9.17) is 9.47 Å². The normalized spacial score (nSPS) is 10.6. The number of fused-ring (bicyclic) bond motifs is 1. The number of aromatic nitrogens is 1. The van der Waals surface area contributed by atoms with Crippen LogP contribution in [0.2, 0.25) is 0 Å². The molecule has 1 aromatic carbocycles. The van der Waals surface area contributed by atoms with Crippen LogP contribution in [0.15, 0.2) is 24.3 Å². The predicted molar refractivity (Wildman–Crippen MR) is 91.0 cm³/mol. The van der Waals surface area contributed by atoms with Gasteiger partial charge < -0.3 is 14.8 Å². The van der Waals surface area contributed by atoms with Gasteiger partial charge in [-0.15, -0.1) is 0 Å². The Labute approximate surface area is 141 Å². The van der Waals surface area contributed by atoms with Gasteiger partial charge in [0.2, 0.25) is 0 Å². The molecule has 1 N–H and O–H groups in total. The molecule has 24 heavy (non-hydrogen) atoms. The molecule has 1 aromatic heterocycles. The van der Waals surface area contributed by atoms with Crippen molar-refractivity contribution in [2.75, 3.05) is 26.9 Å². The third-order valence-corrected chi connectivity index (χ3v) is 3.73. The molecule has 6 heteroatoms. The molecule has 1 amide bonds. The number of aryl methyl sites for hydroxylation is 2. The summed E-state index contributed by atoms with van der Waals surface area (Å²) < 4.78 is 10.0. The maximum absolute atomic E-state index is 12.5. The van der Waals surface area contributed by atoms with Gasteiger partial charge >= 0.3 is 5.97 Å². The Morgan fingerprint density at radius 3 is 2.71 bits per heavy atom. The Morgan fingerprint density at radius 1 is 1.25 bits per heavy atom. The van der Waals surface area contributed by atoms with Crippen molar-refractivity contribution < 1.29 is 19.1 Å². The van der Waals surface area contributed by atoms with Gasteiger partial charge in [-0.05, 0) is 25.0 Å². The first-order valence-corrected chi connectivity index (χ1v) is 7.89. The van der Waals surface area contributed by atoms with Crippen molar-refractivity contribution in [2.45, 2.75) is 20.3 Å². The van der Waals surface area contributed by atoms with E-state index in [2.05, 4.69) is 10.3 Å². The number of amides is 1. The molecule has 0 radical (unpaired) electrons. The number of hydrogen-bond donors (Lipinski definition) is 1. The zero-order valence-corrected chi connectivity index (χ0v) is 14.2. The summed E-state index contributed by atoms with van der Waals surface area (Å²) in [5, 5.41) is 3.51. The van der Waals surface area contributed by atoms with Crippen molar-refractivity contribution in [1.29, 1.82) is 0 Å². The number of nitrogens with one attached hydrogen (secondary N) is 1. The number of ether oxygens (including phenoxy) is 2. The molecule has 2 aromatic rings. The van der Waals surface area contributed by atoms with Crippen molar-refractivity contribution in [1.82, 2.24) is 10.3 Å². The molecule has 2 rings (SSSR count). The zero-order chi connectivity index (χ0) is 17.5. The average molecular weight is 330 g/mol. The summed E-state index contributed by atoms with van der Waals surface area (Å²) in [5.41, 5.74) is 2.79. The van der Waals surface area contributed by atoms with E-state index in [1.165, 1.54) is 0 Å². The van der Waals surface area contributed by atoms with E-state index in [1.807, 2.05) is 38.1 Å². The summed E-state index contributed by atoms with van der Waals surface area (Å²) in [5.74, 6) is -0.880. The number of carbonyl (C=O) groups excluding carboxylic acids is 2. The number of benzene rings is 1. The second kappa shape index (κ2) is 8.40.